The van der Waals surface area contributed by atoms with Gasteiger partial charge in [-0.25, -0.2) is 16.8 Å². The zero-order valence-corrected chi connectivity index (χ0v) is 9.05. The molecule has 4 N–H and O–H groups in total. The topological polar surface area (TPSA) is 77.3 Å². The summed E-state index contributed by atoms with van der Waals surface area (Å²) in [5.41, 5.74) is 2.19. The highest BCUT2D eigenvalue weighted by Crippen LogP contribution is 2.17. The van der Waals surface area contributed by atoms with Crippen LogP contribution in [0.25, 0.3) is 10.9 Å². The van der Waals surface area contributed by atoms with Gasteiger partial charge in [0.05, 0.1) is 0 Å². The van der Waals surface area contributed by atoms with Crippen LogP contribution in [0.2, 0.25) is 0 Å². The Labute approximate surface area is 93.2 Å². The Hall–Kier alpha value is -1.85. The van der Waals surface area contributed by atoms with E-state index in [9.17, 15) is 4.79 Å². The molecule has 0 saturated heterocycles. The van der Waals surface area contributed by atoms with Gasteiger partial charge in [0.25, 0.3) is 5.91 Å². The molecule has 2 aromatic rings. The lowest BCUT2D eigenvalue weighted by Crippen LogP contribution is -2.44. The number of fused-ring (bicyclic) bond motifs is 1. The number of amides is 1. The molecule has 0 fully saturated rings. The first kappa shape index (κ1) is 10.7. The molecule has 1 heterocycles. The van der Waals surface area contributed by atoms with Crippen LogP contribution in [0, 0.1) is 6.92 Å². The van der Waals surface area contributed by atoms with Gasteiger partial charge in [-0.3, -0.25) is 4.79 Å². The minimum Gasteiger partial charge on any atom is -0.338 e. The molecule has 5 nitrogen and oxygen atoms in total. The standard InChI is InChI=1S/C11H14N4O/c1-8-2-3-10-9(6-8)4-5-14(10)7-11(16)15(12)13/h2-6H,7,12-13H2,1H3. The van der Waals surface area contributed by atoms with Gasteiger partial charge in [0, 0.05) is 11.7 Å². The van der Waals surface area contributed by atoms with E-state index in [4.69, 9.17) is 11.7 Å². The molecule has 84 valence electrons. The third-order valence-corrected chi connectivity index (χ3v) is 2.52. The fourth-order valence-corrected chi connectivity index (χ4v) is 1.68. The van der Waals surface area contributed by atoms with E-state index in [-0.39, 0.29) is 12.5 Å². The van der Waals surface area contributed by atoms with Crippen molar-refractivity contribution in [2.45, 2.75) is 13.5 Å². The van der Waals surface area contributed by atoms with Crippen LogP contribution in [0.4, 0.5) is 0 Å². The summed E-state index contributed by atoms with van der Waals surface area (Å²) in [7, 11) is 0. The smallest absolute Gasteiger partial charge is 0.270 e. The molecule has 1 aromatic heterocycles. The zero-order chi connectivity index (χ0) is 11.7. The zero-order valence-electron chi connectivity index (χ0n) is 9.05. The second-order valence-electron chi connectivity index (χ2n) is 3.81. The molecule has 0 aliphatic heterocycles. The maximum Gasteiger partial charge on any atom is 0.270 e. The van der Waals surface area contributed by atoms with Gasteiger partial charge in [-0.05, 0) is 30.5 Å². The van der Waals surface area contributed by atoms with E-state index >= 15 is 0 Å². The van der Waals surface area contributed by atoms with Gasteiger partial charge in [-0.2, -0.15) is 0 Å². The lowest BCUT2D eigenvalue weighted by molar-refractivity contribution is -0.132. The molecular weight excluding hydrogens is 204 g/mol. The molecule has 2 rings (SSSR count). The molecule has 0 spiro atoms. The molecule has 0 atom stereocenters. The number of carbonyl (C=O) groups is 1. The summed E-state index contributed by atoms with van der Waals surface area (Å²) >= 11 is 0. The van der Waals surface area contributed by atoms with Crippen LogP contribution < -0.4 is 11.7 Å². The monoisotopic (exact) mass is 218 g/mol. The highest BCUT2D eigenvalue weighted by Gasteiger charge is 2.08. The van der Waals surface area contributed by atoms with E-state index in [0.717, 1.165) is 10.9 Å². The summed E-state index contributed by atoms with van der Waals surface area (Å²) in [6.45, 7) is 2.18. The van der Waals surface area contributed by atoms with Gasteiger partial charge in [0.15, 0.2) is 0 Å². The van der Waals surface area contributed by atoms with Crippen molar-refractivity contribution in [2.24, 2.45) is 11.7 Å². The summed E-state index contributed by atoms with van der Waals surface area (Å²) in [6, 6.07) is 8.02. The fraction of sp³-hybridized carbons (Fsp3) is 0.182. The molecule has 0 unspecified atom stereocenters. The first-order valence-electron chi connectivity index (χ1n) is 4.96. The van der Waals surface area contributed by atoms with Crippen LogP contribution >= 0.6 is 0 Å². The average molecular weight is 218 g/mol. The number of rotatable bonds is 2. The van der Waals surface area contributed by atoms with Gasteiger partial charge in [-0.15, -0.1) is 0 Å². The normalized spacial score (nSPS) is 10.7. The minimum absolute atomic E-state index is 0.152. The second kappa shape index (κ2) is 3.96. The van der Waals surface area contributed by atoms with Crippen molar-refractivity contribution in [1.82, 2.24) is 9.69 Å². The number of carbonyl (C=O) groups excluding carboxylic acids is 1. The molecule has 0 bridgehead atoms. The molecular formula is C11H14N4O. The first-order chi connectivity index (χ1) is 7.58. The minimum atomic E-state index is -0.335. The number of nitrogens with zero attached hydrogens (tertiary/aromatic N) is 2. The maximum atomic E-state index is 11.4. The maximum absolute atomic E-state index is 11.4. The lowest BCUT2D eigenvalue weighted by Gasteiger charge is -2.10. The predicted molar refractivity (Wildman–Crippen MR) is 61.9 cm³/mol. The third kappa shape index (κ3) is 1.91. The van der Waals surface area contributed by atoms with E-state index in [1.165, 1.54) is 5.56 Å². The fourth-order valence-electron chi connectivity index (χ4n) is 1.68. The van der Waals surface area contributed by atoms with Gasteiger partial charge in [0.1, 0.15) is 6.54 Å². The van der Waals surface area contributed by atoms with Gasteiger partial charge >= 0.3 is 0 Å². The van der Waals surface area contributed by atoms with E-state index in [1.54, 1.807) is 0 Å². The average Bonchev–Trinajstić information content (AvgIpc) is 2.60. The summed E-state index contributed by atoms with van der Waals surface area (Å²) in [5, 5.41) is 1.72. The van der Waals surface area contributed by atoms with Crippen molar-refractivity contribution in [3.63, 3.8) is 0 Å². The largest absolute Gasteiger partial charge is 0.338 e. The number of nitrogens with two attached hydrogens (primary N) is 2. The third-order valence-electron chi connectivity index (χ3n) is 2.52. The van der Waals surface area contributed by atoms with Gasteiger partial charge < -0.3 is 4.57 Å². The van der Waals surface area contributed by atoms with E-state index in [0.29, 0.717) is 5.12 Å². The van der Waals surface area contributed by atoms with E-state index in [2.05, 4.69) is 6.07 Å². The summed E-state index contributed by atoms with van der Waals surface area (Å²) in [5.74, 6) is 10.0. The van der Waals surface area contributed by atoms with Gasteiger partial charge in [-0.1, -0.05) is 11.6 Å². The molecule has 0 aliphatic rings. The van der Waals surface area contributed by atoms with Crippen molar-refractivity contribution in [1.29, 1.82) is 0 Å². The summed E-state index contributed by atoms with van der Waals surface area (Å²) in [6.07, 6.45) is 1.85. The quantitative estimate of drug-likeness (QED) is 0.438. The lowest BCUT2D eigenvalue weighted by atomic mass is 10.2. The van der Waals surface area contributed by atoms with Crippen LogP contribution in [-0.4, -0.2) is 15.6 Å². The number of hydrogen-bond acceptors (Lipinski definition) is 3. The van der Waals surface area contributed by atoms with Gasteiger partial charge in [0.2, 0.25) is 0 Å². The summed E-state index contributed by atoms with van der Waals surface area (Å²) < 4.78 is 1.82. The van der Waals surface area contributed by atoms with Crippen LogP contribution in [0.15, 0.2) is 30.5 Å². The Balaban J connectivity index is 2.35. The van der Waals surface area contributed by atoms with Crippen LogP contribution in [0.1, 0.15) is 5.56 Å². The molecule has 16 heavy (non-hydrogen) atoms. The Kier molecular flexibility index (Phi) is 2.64. The molecule has 0 radical (unpaired) electrons. The van der Waals surface area contributed by atoms with Crippen molar-refractivity contribution in [3.8, 4) is 0 Å². The van der Waals surface area contributed by atoms with Crippen molar-refractivity contribution < 1.29 is 4.79 Å². The first-order valence-corrected chi connectivity index (χ1v) is 4.96. The van der Waals surface area contributed by atoms with Crippen molar-refractivity contribution in [3.05, 3.63) is 36.0 Å². The molecule has 1 aromatic carbocycles. The Morgan fingerprint density at radius 2 is 2.12 bits per heavy atom. The molecule has 0 aliphatic carbocycles. The van der Waals surface area contributed by atoms with E-state index in [1.807, 2.05) is 35.9 Å². The SMILES string of the molecule is Cc1ccc2c(ccn2CC(=O)N(N)N)c1. The van der Waals surface area contributed by atoms with Crippen molar-refractivity contribution in [2.75, 3.05) is 0 Å². The Morgan fingerprint density at radius 1 is 1.38 bits per heavy atom. The summed E-state index contributed by atoms with van der Waals surface area (Å²) in [4.78, 5) is 11.4. The van der Waals surface area contributed by atoms with Crippen LogP contribution in [-0.2, 0) is 11.3 Å². The highest BCUT2D eigenvalue weighted by atomic mass is 16.2. The molecule has 1 amide bonds. The Bertz CT molecular complexity index is 530. The van der Waals surface area contributed by atoms with E-state index < -0.39 is 0 Å². The number of hydrazine groups is 2. The number of hydrogen-bond donors (Lipinski definition) is 2. The van der Waals surface area contributed by atoms with Crippen LogP contribution in [0.3, 0.4) is 0 Å². The number of benzene rings is 1. The van der Waals surface area contributed by atoms with Crippen LogP contribution in [0.5, 0.6) is 0 Å². The second-order valence-corrected chi connectivity index (χ2v) is 3.81. The Morgan fingerprint density at radius 3 is 2.81 bits per heavy atom. The predicted octanol–water partition coefficient (Wildman–Crippen LogP) is 0.526. The van der Waals surface area contributed by atoms with Crippen molar-refractivity contribution >= 4 is 16.8 Å². The number of aromatic nitrogens is 1. The molecule has 5 heteroatoms. The number of aryl methyl sites for hydroxylation is 1. The highest BCUT2D eigenvalue weighted by molar-refractivity contribution is 5.83. The molecule has 0 saturated carbocycles.